The Bertz CT molecular complexity index is 2250. The Morgan fingerprint density at radius 3 is 2.66 bits per heavy atom. The van der Waals surface area contributed by atoms with E-state index in [0.717, 1.165) is 5.56 Å². The number of rotatable bonds is 7. The third-order valence-corrected chi connectivity index (χ3v) is 9.34. The van der Waals surface area contributed by atoms with Gasteiger partial charge in [0.05, 0.1) is 54.9 Å². The molecule has 0 saturated heterocycles. The van der Waals surface area contributed by atoms with Gasteiger partial charge in [-0.2, -0.15) is 5.26 Å². The molecule has 0 bridgehead atoms. The van der Waals surface area contributed by atoms with E-state index in [4.69, 9.17) is 16.3 Å². The van der Waals surface area contributed by atoms with Gasteiger partial charge in [0.15, 0.2) is 0 Å². The standard InChI is InChI=1S/C31H21ClFN5O4S2/c1-14-8-19(29-27(36-14)21(12-43-29)31(40)41)18-9-17(32)4-5-24(18)42-7-6-38-16(3)37-23-10-22(33)25(28-15(2)35-13-44-28)20(11-34)26(23)30(38)39/h4-5,8-10,12-13H,6-7H2,1-3H3,(H,40,41). The fourth-order valence-corrected chi connectivity index (χ4v) is 7.21. The fourth-order valence-electron chi connectivity index (χ4n) is 5.17. The summed E-state index contributed by atoms with van der Waals surface area (Å²) in [7, 11) is 0. The van der Waals surface area contributed by atoms with Gasteiger partial charge in [0.25, 0.3) is 5.56 Å². The number of nitrogens with zero attached hydrogens (tertiary/aromatic N) is 5. The summed E-state index contributed by atoms with van der Waals surface area (Å²) in [5.41, 5.74) is 4.15. The predicted molar refractivity (Wildman–Crippen MR) is 169 cm³/mol. The average molecular weight is 646 g/mol. The Balaban J connectivity index is 1.38. The van der Waals surface area contributed by atoms with Crippen LogP contribution in [0.2, 0.25) is 5.02 Å². The summed E-state index contributed by atoms with van der Waals surface area (Å²) >= 11 is 8.82. The van der Waals surface area contributed by atoms with Crippen LogP contribution in [0.15, 0.2) is 46.0 Å². The van der Waals surface area contributed by atoms with Crippen LogP contribution < -0.4 is 10.3 Å². The summed E-state index contributed by atoms with van der Waals surface area (Å²) in [6.07, 6.45) is 0. The number of thiophene rings is 1. The lowest BCUT2D eigenvalue weighted by Gasteiger charge is -2.16. The number of hydrogen-bond donors (Lipinski definition) is 1. The van der Waals surface area contributed by atoms with Gasteiger partial charge in [-0.3, -0.25) is 14.3 Å². The van der Waals surface area contributed by atoms with Crippen molar-refractivity contribution in [3.05, 3.63) is 90.8 Å². The van der Waals surface area contributed by atoms with Crippen molar-refractivity contribution < 1.29 is 19.0 Å². The second-order valence-electron chi connectivity index (χ2n) is 9.93. The molecule has 1 N–H and O–H groups in total. The van der Waals surface area contributed by atoms with E-state index >= 15 is 4.39 Å². The van der Waals surface area contributed by atoms with Crippen molar-refractivity contribution in [3.63, 3.8) is 0 Å². The SMILES string of the molecule is Cc1cc(-c2cc(Cl)ccc2OCCn2c(C)nc3cc(F)c(-c4scnc4C)c(C#N)c3c2=O)c2scc(C(=O)O)c2n1. The molecule has 4 heterocycles. The van der Waals surface area contributed by atoms with Gasteiger partial charge >= 0.3 is 5.97 Å². The quantitative estimate of drug-likeness (QED) is 0.193. The molecular weight excluding hydrogens is 625 g/mol. The number of aromatic nitrogens is 4. The summed E-state index contributed by atoms with van der Waals surface area (Å²) in [6, 6.07) is 10.2. The molecule has 0 radical (unpaired) electrons. The molecule has 9 nitrogen and oxygen atoms in total. The van der Waals surface area contributed by atoms with Gasteiger partial charge in [-0.25, -0.2) is 19.2 Å². The first-order valence-electron chi connectivity index (χ1n) is 13.2. The molecule has 0 saturated carbocycles. The average Bonchev–Trinajstić information content (AvgIpc) is 3.60. The number of aryl methyl sites for hydroxylation is 3. The number of thiazole rings is 1. The number of hydrogen-bond acceptors (Lipinski definition) is 9. The van der Waals surface area contributed by atoms with Crippen molar-refractivity contribution in [2.75, 3.05) is 6.61 Å². The van der Waals surface area contributed by atoms with Gasteiger partial charge in [-0.05, 0) is 45.0 Å². The molecule has 0 unspecified atom stereocenters. The molecule has 0 aliphatic carbocycles. The molecule has 0 aliphatic heterocycles. The van der Waals surface area contributed by atoms with Crippen LogP contribution >= 0.6 is 34.3 Å². The van der Waals surface area contributed by atoms with Crippen LogP contribution in [0.5, 0.6) is 5.75 Å². The molecular formula is C31H21ClFN5O4S2. The maximum atomic E-state index is 15.3. The molecule has 6 aromatic rings. The molecule has 0 atom stereocenters. The normalized spacial score (nSPS) is 11.3. The van der Waals surface area contributed by atoms with Crippen molar-refractivity contribution in [2.24, 2.45) is 0 Å². The molecule has 0 amide bonds. The zero-order valence-corrected chi connectivity index (χ0v) is 25.8. The molecule has 13 heteroatoms. The monoisotopic (exact) mass is 645 g/mol. The number of halogens is 2. The summed E-state index contributed by atoms with van der Waals surface area (Å²) in [5, 5.41) is 21.7. The van der Waals surface area contributed by atoms with Gasteiger partial charge in [-0.1, -0.05) is 11.6 Å². The first-order valence-corrected chi connectivity index (χ1v) is 15.3. The van der Waals surface area contributed by atoms with Gasteiger partial charge in [0.2, 0.25) is 0 Å². The summed E-state index contributed by atoms with van der Waals surface area (Å²) in [5.74, 6) is -0.914. The van der Waals surface area contributed by atoms with E-state index in [1.165, 1.54) is 33.3 Å². The van der Waals surface area contributed by atoms with Crippen LogP contribution in [0.25, 0.3) is 42.7 Å². The zero-order valence-electron chi connectivity index (χ0n) is 23.4. The number of carbonyl (C=O) groups is 1. The van der Waals surface area contributed by atoms with E-state index in [-0.39, 0.29) is 40.7 Å². The predicted octanol–water partition coefficient (Wildman–Crippen LogP) is 7.16. The van der Waals surface area contributed by atoms with Crippen LogP contribution in [0.4, 0.5) is 4.39 Å². The number of ether oxygens (including phenoxy) is 1. The largest absolute Gasteiger partial charge is 0.491 e. The number of fused-ring (bicyclic) bond motifs is 2. The van der Waals surface area contributed by atoms with Crippen molar-refractivity contribution in [2.45, 2.75) is 27.3 Å². The first-order chi connectivity index (χ1) is 21.1. The van der Waals surface area contributed by atoms with Crippen LogP contribution in [0.1, 0.15) is 33.1 Å². The van der Waals surface area contributed by atoms with Gasteiger partial charge in [0.1, 0.15) is 30.1 Å². The third-order valence-electron chi connectivity index (χ3n) is 7.16. The Morgan fingerprint density at radius 2 is 1.95 bits per heavy atom. The Morgan fingerprint density at radius 1 is 1.16 bits per heavy atom. The van der Waals surface area contributed by atoms with E-state index < -0.39 is 17.3 Å². The second-order valence-corrected chi connectivity index (χ2v) is 12.1. The van der Waals surface area contributed by atoms with E-state index in [1.54, 1.807) is 49.9 Å². The molecule has 4 aromatic heterocycles. The maximum absolute atomic E-state index is 15.3. The molecule has 220 valence electrons. The molecule has 0 spiro atoms. The number of aromatic carboxylic acids is 1. The molecule has 0 aliphatic rings. The van der Waals surface area contributed by atoms with E-state index in [2.05, 4.69) is 15.0 Å². The van der Waals surface area contributed by atoms with E-state index in [9.17, 15) is 20.0 Å². The minimum absolute atomic E-state index is 0.0241. The van der Waals surface area contributed by atoms with Gasteiger partial charge < -0.3 is 9.84 Å². The Labute approximate surface area is 262 Å². The maximum Gasteiger partial charge on any atom is 0.338 e. The van der Waals surface area contributed by atoms with Crippen LogP contribution in [-0.2, 0) is 6.54 Å². The molecule has 6 rings (SSSR count). The van der Waals surface area contributed by atoms with E-state index in [0.29, 0.717) is 48.6 Å². The summed E-state index contributed by atoms with van der Waals surface area (Å²) in [6.45, 7) is 5.26. The number of nitriles is 1. The van der Waals surface area contributed by atoms with Crippen LogP contribution in [0.3, 0.4) is 0 Å². The topological polar surface area (TPSA) is 131 Å². The fraction of sp³-hybridized carbons (Fsp3) is 0.161. The number of benzene rings is 2. The Hall–Kier alpha value is -4.70. The highest BCUT2D eigenvalue weighted by atomic mass is 35.5. The lowest BCUT2D eigenvalue weighted by molar-refractivity contribution is 0.0699. The smallest absolute Gasteiger partial charge is 0.338 e. The van der Waals surface area contributed by atoms with Crippen LogP contribution in [0, 0.1) is 37.9 Å². The highest BCUT2D eigenvalue weighted by Crippen LogP contribution is 2.40. The Kier molecular flexibility index (Phi) is 7.63. The lowest BCUT2D eigenvalue weighted by Crippen LogP contribution is -2.27. The van der Waals surface area contributed by atoms with Gasteiger partial charge in [0, 0.05) is 38.9 Å². The molecule has 2 aromatic carbocycles. The minimum atomic E-state index is -1.07. The van der Waals surface area contributed by atoms with Crippen molar-refractivity contribution in [1.29, 1.82) is 5.26 Å². The van der Waals surface area contributed by atoms with Crippen molar-refractivity contribution in [3.8, 4) is 33.4 Å². The minimum Gasteiger partial charge on any atom is -0.491 e. The highest BCUT2D eigenvalue weighted by Gasteiger charge is 2.23. The zero-order chi connectivity index (χ0) is 31.3. The third kappa shape index (κ3) is 4.98. The van der Waals surface area contributed by atoms with E-state index in [1.807, 2.05) is 12.1 Å². The van der Waals surface area contributed by atoms with Crippen molar-refractivity contribution in [1.82, 2.24) is 19.5 Å². The molecule has 0 fully saturated rings. The lowest BCUT2D eigenvalue weighted by atomic mass is 10.0. The number of carboxylic acid groups (broad SMARTS) is 1. The number of carboxylic acids is 1. The number of pyridine rings is 1. The first kappa shape index (κ1) is 29.4. The van der Waals surface area contributed by atoms with Crippen molar-refractivity contribution >= 4 is 61.4 Å². The second kappa shape index (κ2) is 11.4. The van der Waals surface area contributed by atoms with Crippen LogP contribution in [-0.4, -0.2) is 37.2 Å². The molecule has 44 heavy (non-hydrogen) atoms. The van der Waals surface area contributed by atoms with Gasteiger partial charge in [-0.15, -0.1) is 22.7 Å². The summed E-state index contributed by atoms with van der Waals surface area (Å²) in [4.78, 5) is 39.1. The highest BCUT2D eigenvalue weighted by molar-refractivity contribution is 7.18. The summed E-state index contributed by atoms with van der Waals surface area (Å²) < 4.78 is 23.5.